The molecule has 12 heteroatoms. The Morgan fingerprint density at radius 2 is 1.64 bits per heavy atom. The van der Waals surface area contributed by atoms with E-state index in [9.17, 15) is 9.59 Å². The summed E-state index contributed by atoms with van der Waals surface area (Å²) in [5, 5.41) is 10.7. The second-order valence-corrected chi connectivity index (χ2v) is 10.4. The van der Waals surface area contributed by atoms with Gasteiger partial charge in [0.1, 0.15) is 18.2 Å². The zero-order chi connectivity index (χ0) is 25.9. The molecule has 6 atom stereocenters. The molecule has 0 aromatic heterocycles. The number of carbonyl (C=O) groups excluding carboxylic acids is 2. The fourth-order valence-corrected chi connectivity index (χ4v) is 4.06. The van der Waals surface area contributed by atoms with Gasteiger partial charge in [0.2, 0.25) is 18.1 Å². The Kier molecular flexibility index (Phi) is 8.39. The number of alkyl halides is 3. The van der Waals surface area contributed by atoms with Crippen molar-refractivity contribution in [1.82, 2.24) is 5.32 Å². The molecule has 2 aromatic rings. The zero-order valence-electron chi connectivity index (χ0n) is 18.9. The quantitative estimate of drug-likeness (QED) is 0.248. The van der Waals surface area contributed by atoms with Crippen molar-refractivity contribution in [2.45, 2.75) is 47.7 Å². The molecular weight excluding hydrogens is 535 g/mol. The highest BCUT2D eigenvalue weighted by molar-refractivity contribution is 6.76. The van der Waals surface area contributed by atoms with E-state index in [2.05, 4.69) is 5.32 Å². The van der Waals surface area contributed by atoms with Crippen LogP contribution < -0.4 is 5.32 Å². The summed E-state index contributed by atoms with van der Waals surface area (Å²) in [6.07, 6.45) is -4.90. The van der Waals surface area contributed by atoms with E-state index in [0.717, 1.165) is 5.56 Å². The van der Waals surface area contributed by atoms with Crippen molar-refractivity contribution < 1.29 is 33.3 Å². The Bertz CT molecular complexity index is 1080. The lowest BCUT2D eigenvalue weighted by Gasteiger charge is -2.48. The molecule has 192 valence electrons. The number of esters is 1. The van der Waals surface area contributed by atoms with E-state index in [0.29, 0.717) is 5.56 Å². The smallest absolute Gasteiger partial charge is 0.338 e. The van der Waals surface area contributed by atoms with Gasteiger partial charge in [-0.1, -0.05) is 83.3 Å². The van der Waals surface area contributed by atoms with E-state index < -0.39 is 58.5 Å². The van der Waals surface area contributed by atoms with Crippen LogP contribution in [0, 0.1) is 5.41 Å². The SMILES string of the molecule is CC(=O)N[C@H]1[C@@H](OC(=N)C(Cl)(Cl)Cl)O[C@@H]2CO[C@H](c3ccccc3)O[C@@H]2[C@@H]1OC(=O)c1ccccc1. The maximum atomic E-state index is 13.0. The van der Waals surface area contributed by atoms with Crippen LogP contribution >= 0.6 is 34.8 Å². The number of hydrogen-bond donors (Lipinski definition) is 2. The molecule has 36 heavy (non-hydrogen) atoms. The zero-order valence-corrected chi connectivity index (χ0v) is 21.2. The summed E-state index contributed by atoms with van der Waals surface area (Å²) in [5.74, 6) is -1.86. The standard InChI is InChI=1S/C24H23Cl3N2O7/c1-13(30)29-17-19(34-20(31)14-8-4-2-5-9-14)18-16(33-22(17)36-23(28)24(25,26)27)12-32-21(35-18)15-10-6-3-7-11-15/h2-11,16-19,21-22,28H,12H2,1H3,(H,29,30)/t16-,17-,18+,19-,21+,22-/m1/s1. The summed E-state index contributed by atoms with van der Waals surface area (Å²) < 4.78 is 27.2. The predicted molar refractivity (Wildman–Crippen MR) is 131 cm³/mol. The maximum absolute atomic E-state index is 13.0. The monoisotopic (exact) mass is 556 g/mol. The van der Waals surface area contributed by atoms with Gasteiger partial charge in [-0.2, -0.15) is 0 Å². The third kappa shape index (κ3) is 6.29. The Balaban J connectivity index is 1.67. The van der Waals surface area contributed by atoms with Gasteiger partial charge in [-0.3, -0.25) is 10.2 Å². The molecule has 2 saturated heterocycles. The van der Waals surface area contributed by atoms with Gasteiger partial charge in [0.05, 0.1) is 12.2 Å². The Hall–Kier alpha value is -2.40. The highest BCUT2D eigenvalue weighted by atomic mass is 35.6. The van der Waals surface area contributed by atoms with Gasteiger partial charge in [-0.15, -0.1) is 0 Å². The summed E-state index contributed by atoms with van der Waals surface area (Å²) in [7, 11) is 0. The summed E-state index contributed by atoms with van der Waals surface area (Å²) in [5.41, 5.74) is 1.04. The fourth-order valence-electron chi connectivity index (χ4n) is 3.93. The number of nitrogens with one attached hydrogen (secondary N) is 2. The van der Waals surface area contributed by atoms with Gasteiger partial charge in [0.25, 0.3) is 3.79 Å². The normalized spacial score (nSPS) is 27.9. The Morgan fingerprint density at radius 1 is 1.00 bits per heavy atom. The number of ether oxygens (including phenoxy) is 5. The average molecular weight is 558 g/mol. The molecule has 2 aromatic carbocycles. The molecule has 2 heterocycles. The van der Waals surface area contributed by atoms with Crippen LogP contribution in [0.1, 0.15) is 29.1 Å². The highest BCUT2D eigenvalue weighted by Crippen LogP contribution is 2.37. The van der Waals surface area contributed by atoms with Gasteiger partial charge in [-0.05, 0) is 12.1 Å². The first-order valence-electron chi connectivity index (χ1n) is 11.0. The molecule has 0 bridgehead atoms. The molecule has 1 amide bonds. The van der Waals surface area contributed by atoms with Crippen LogP contribution in [0.3, 0.4) is 0 Å². The van der Waals surface area contributed by atoms with E-state index in [1.165, 1.54) is 6.92 Å². The first-order valence-corrected chi connectivity index (χ1v) is 12.1. The van der Waals surface area contributed by atoms with Crippen molar-refractivity contribution in [3.8, 4) is 0 Å². The Labute approximate surface area is 222 Å². The second kappa shape index (κ2) is 11.3. The highest BCUT2D eigenvalue weighted by Gasteiger charge is 2.54. The number of benzene rings is 2. The van der Waals surface area contributed by atoms with Crippen LogP contribution in [-0.2, 0) is 28.5 Å². The third-order valence-corrected chi connectivity index (χ3v) is 6.04. The molecule has 0 radical (unpaired) electrons. The van der Waals surface area contributed by atoms with E-state index >= 15 is 0 Å². The van der Waals surface area contributed by atoms with Crippen molar-refractivity contribution in [3.05, 3.63) is 71.8 Å². The second-order valence-electron chi connectivity index (χ2n) is 8.13. The molecule has 2 aliphatic rings. The van der Waals surface area contributed by atoms with Crippen LogP contribution in [0.2, 0.25) is 0 Å². The van der Waals surface area contributed by atoms with Crippen LogP contribution in [0.25, 0.3) is 0 Å². The van der Waals surface area contributed by atoms with Crippen molar-refractivity contribution in [3.63, 3.8) is 0 Å². The average Bonchev–Trinajstić information content (AvgIpc) is 2.86. The van der Waals surface area contributed by atoms with Gasteiger partial charge >= 0.3 is 5.97 Å². The number of halogens is 3. The predicted octanol–water partition coefficient (Wildman–Crippen LogP) is 3.92. The molecule has 2 aliphatic heterocycles. The van der Waals surface area contributed by atoms with Crippen molar-refractivity contribution >= 4 is 52.6 Å². The van der Waals surface area contributed by atoms with Crippen LogP contribution in [-0.4, -0.2) is 58.8 Å². The molecule has 4 rings (SSSR count). The lowest BCUT2D eigenvalue weighted by atomic mass is 9.95. The van der Waals surface area contributed by atoms with Crippen molar-refractivity contribution in [2.24, 2.45) is 0 Å². The fraction of sp³-hybridized carbons (Fsp3) is 0.375. The molecule has 0 saturated carbocycles. The largest absolute Gasteiger partial charge is 0.453 e. The summed E-state index contributed by atoms with van der Waals surface area (Å²) in [6.45, 7) is 1.31. The molecule has 0 spiro atoms. The molecule has 2 fully saturated rings. The topological polar surface area (TPSA) is 116 Å². The molecule has 9 nitrogen and oxygen atoms in total. The van der Waals surface area contributed by atoms with E-state index in [1.54, 1.807) is 30.3 Å². The third-order valence-electron chi connectivity index (χ3n) is 5.52. The van der Waals surface area contributed by atoms with E-state index in [1.807, 2.05) is 30.3 Å². The van der Waals surface area contributed by atoms with E-state index in [-0.39, 0.29) is 6.61 Å². The number of rotatable bonds is 5. The first-order chi connectivity index (χ1) is 17.1. The van der Waals surface area contributed by atoms with Crippen molar-refractivity contribution in [2.75, 3.05) is 6.61 Å². The van der Waals surface area contributed by atoms with Gasteiger partial charge in [-0.25, -0.2) is 4.79 Å². The molecule has 0 aliphatic carbocycles. The summed E-state index contributed by atoms with van der Waals surface area (Å²) >= 11 is 17.4. The molecular formula is C24H23Cl3N2O7. The first kappa shape index (κ1) is 26.7. The minimum atomic E-state index is -2.19. The van der Waals surface area contributed by atoms with E-state index in [4.69, 9.17) is 63.9 Å². The lowest BCUT2D eigenvalue weighted by molar-refractivity contribution is -0.334. The van der Waals surface area contributed by atoms with Crippen LogP contribution in [0.5, 0.6) is 0 Å². The maximum Gasteiger partial charge on any atom is 0.338 e. The lowest BCUT2D eigenvalue weighted by Crippen LogP contribution is -2.68. The van der Waals surface area contributed by atoms with Crippen LogP contribution in [0.15, 0.2) is 60.7 Å². The van der Waals surface area contributed by atoms with Crippen LogP contribution in [0.4, 0.5) is 0 Å². The van der Waals surface area contributed by atoms with Gasteiger partial charge in [0, 0.05) is 12.5 Å². The minimum Gasteiger partial charge on any atom is -0.453 e. The van der Waals surface area contributed by atoms with Gasteiger partial charge in [0.15, 0.2) is 12.4 Å². The van der Waals surface area contributed by atoms with Gasteiger partial charge < -0.3 is 29.0 Å². The number of amides is 1. The number of fused-ring (bicyclic) bond motifs is 1. The minimum absolute atomic E-state index is 0.0391. The number of carbonyl (C=O) groups is 2. The molecule has 2 N–H and O–H groups in total. The summed E-state index contributed by atoms with van der Waals surface area (Å²) in [4.78, 5) is 25.2. The van der Waals surface area contributed by atoms with Crippen molar-refractivity contribution in [1.29, 1.82) is 5.41 Å². The summed E-state index contributed by atoms with van der Waals surface area (Å²) in [6, 6.07) is 16.4. The Morgan fingerprint density at radius 3 is 2.25 bits per heavy atom. The number of hydrogen-bond acceptors (Lipinski definition) is 8. The molecule has 0 unspecified atom stereocenters.